The average molecular weight is 286 g/mol. The largest absolute Gasteiger partial charge is 0.151 e. The van der Waals surface area contributed by atoms with E-state index < -0.39 is 0 Å². The zero-order valence-electron chi connectivity index (χ0n) is 10.3. The van der Waals surface area contributed by atoms with Gasteiger partial charge >= 0.3 is 0 Å². The maximum absolute atomic E-state index is 4.10. The number of hydrogen-bond acceptors (Lipinski definition) is 4. The standard InChI is InChI=1S/C12H10N2.C3H4S2/c1-3-7-11(8-4-1)13-14-12-9-5-2-6-10-12;1-2-4-5-3-1/h1-10H;1-2H,3H2. The van der Waals surface area contributed by atoms with Crippen LogP contribution in [0, 0.1) is 0 Å². The van der Waals surface area contributed by atoms with Gasteiger partial charge in [-0.2, -0.15) is 10.2 Å². The number of nitrogens with zero attached hydrogens (tertiary/aromatic N) is 2. The van der Waals surface area contributed by atoms with Crippen LogP contribution >= 0.6 is 21.6 Å². The van der Waals surface area contributed by atoms with Crippen LogP contribution in [0.15, 0.2) is 82.4 Å². The molecule has 3 rings (SSSR count). The van der Waals surface area contributed by atoms with Gasteiger partial charge in [-0.05, 0) is 29.7 Å². The number of azo groups is 1. The molecule has 0 aliphatic carbocycles. The second-order valence-corrected chi connectivity index (χ2v) is 5.94. The van der Waals surface area contributed by atoms with Crippen LogP contribution in [0.3, 0.4) is 0 Å². The van der Waals surface area contributed by atoms with Crippen LogP contribution in [0.1, 0.15) is 0 Å². The zero-order valence-corrected chi connectivity index (χ0v) is 12.0. The van der Waals surface area contributed by atoms with Crippen molar-refractivity contribution in [2.75, 3.05) is 5.75 Å². The Morgan fingerprint density at radius 2 is 1.26 bits per heavy atom. The van der Waals surface area contributed by atoms with Crippen molar-refractivity contribution in [2.45, 2.75) is 0 Å². The lowest BCUT2D eigenvalue weighted by Gasteiger charge is -1.91. The highest BCUT2D eigenvalue weighted by Crippen LogP contribution is 2.27. The smallest absolute Gasteiger partial charge is 0.0857 e. The Bertz CT molecular complexity index is 477. The summed E-state index contributed by atoms with van der Waals surface area (Å²) >= 11 is 0. The highest BCUT2D eigenvalue weighted by molar-refractivity contribution is 8.78. The first-order valence-corrected chi connectivity index (χ1v) is 8.28. The molecule has 0 saturated carbocycles. The third-order valence-corrected chi connectivity index (χ3v) is 4.10. The molecule has 0 aromatic heterocycles. The molecule has 0 atom stereocenters. The summed E-state index contributed by atoms with van der Waals surface area (Å²) in [4.78, 5) is 0. The Morgan fingerprint density at radius 3 is 1.58 bits per heavy atom. The molecule has 1 heterocycles. The van der Waals surface area contributed by atoms with Gasteiger partial charge in [0.1, 0.15) is 0 Å². The molecule has 2 aromatic rings. The molecule has 0 bridgehead atoms. The van der Waals surface area contributed by atoms with Crippen molar-refractivity contribution in [1.29, 1.82) is 0 Å². The lowest BCUT2D eigenvalue weighted by molar-refractivity contribution is 1.23. The van der Waals surface area contributed by atoms with Gasteiger partial charge in [0, 0.05) is 5.75 Å². The van der Waals surface area contributed by atoms with E-state index >= 15 is 0 Å². The van der Waals surface area contributed by atoms with Gasteiger partial charge in [-0.25, -0.2) is 0 Å². The Kier molecular flexibility index (Phi) is 6.26. The van der Waals surface area contributed by atoms with Gasteiger partial charge in [0.15, 0.2) is 0 Å². The summed E-state index contributed by atoms with van der Waals surface area (Å²) in [6.07, 6.45) is 2.16. The Balaban J connectivity index is 0.000000224. The second-order valence-electron chi connectivity index (χ2n) is 3.62. The lowest BCUT2D eigenvalue weighted by atomic mass is 10.3. The molecule has 2 nitrogen and oxygen atoms in total. The molecule has 0 spiro atoms. The van der Waals surface area contributed by atoms with Gasteiger partial charge in [0.05, 0.1) is 11.4 Å². The van der Waals surface area contributed by atoms with Crippen molar-refractivity contribution in [2.24, 2.45) is 10.2 Å². The first kappa shape index (κ1) is 13.9. The van der Waals surface area contributed by atoms with E-state index in [9.17, 15) is 0 Å². The topological polar surface area (TPSA) is 24.7 Å². The molecule has 4 heteroatoms. The van der Waals surface area contributed by atoms with Gasteiger partial charge in [0.2, 0.25) is 0 Å². The Hall–Kier alpha value is -1.52. The van der Waals surface area contributed by atoms with Crippen molar-refractivity contribution < 1.29 is 0 Å². The van der Waals surface area contributed by atoms with Crippen molar-refractivity contribution in [3.63, 3.8) is 0 Å². The van der Waals surface area contributed by atoms with Crippen LogP contribution in [0.2, 0.25) is 0 Å². The van der Waals surface area contributed by atoms with E-state index in [2.05, 4.69) is 21.7 Å². The molecular weight excluding hydrogens is 272 g/mol. The molecular formula is C15H14N2S2. The summed E-state index contributed by atoms with van der Waals surface area (Å²) in [5, 5.41) is 10.3. The highest BCUT2D eigenvalue weighted by atomic mass is 33.1. The van der Waals surface area contributed by atoms with Crippen LogP contribution in [0.4, 0.5) is 11.4 Å². The molecule has 19 heavy (non-hydrogen) atoms. The van der Waals surface area contributed by atoms with E-state index in [-0.39, 0.29) is 0 Å². The van der Waals surface area contributed by atoms with Crippen LogP contribution in [-0.2, 0) is 0 Å². The Labute approximate surface area is 121 Å². The molecule has 0 radical (unpaired) electrons. The average Bonchev–Trinajstić information content (AvgIpc) is 3.07. The lowest BCUT2D eigenvalue weighted by Crippen LogP contribution is -1.62. The maximum atomic E-state index is 4.10. The van der Waals surface area contributed by atoms with E-state index in [0.717, 1.165) is 11.4 Å². The van der Waals surface area contributed by atoms with Crippen molar-refractivity contribution >= 4 is 33.0 Å². The van der Waals surface area contributed by atoms with E-state index in [0.29, 0.717) is 0 Å². The van der Waals surface area contributed by atoms with Gasteiger partial charge in [0.25, 0.3) is 0 Å². The van der Waals surface area contributed by atoms with Crippen molar-refractivity contribution in [1.82, 2.24) is 0 Å². The monoisotopic (exact) mass is 286 g/mol. The molecule has 2 aromatic carbocycles. The minimum atomic E-state index is 0.872. The Morgan fingerprint density at radius 1 is 0.737 bits per heavy atom. The first-order valence-electron chi connectivity index (χ1n) is 5.90. The number of rotatable bonds is 2. The molecule has 0 N–H and O–H groups in total. The number of hydrogen-bond donors (Lipinski definition) is 0. The molecule has 96 valence electrons. The van der Waals surface area contributed by atoms with Crippen LogP contribution in [0.5, 0.6) is 0 Å². The quantitative estimate of drug-likeness (QED) is 0.500. The van der Waals surface area contributed by atoms with Crippen molar-refractivity contribution in [3.8, 4) is 0 Å². The van der Waals surface area contributed by atoms with E-state index in [1.807, 2.05) is 82.3 Å². The molecule has 0 fully saturated rings. The van der Waals surface area contributed by atoms with Crippen molar-refractivity contribution in [3.05, 3.63) is 72.1 Å². The molecule has 0 amide bonds. The van der Waals surface area contributed by atoms with E-state index in [1.54, 1.807) is 0 Å². The molecule has 0 unspecified atom stereocenters. The van der Waals surface area contributed by atoms with Crippen LogP contribution < -0.4 is 0 Å². The predicted octanol–water partition coefficient (Wildman–Crippen LogP) is 6.00. The summed E-state index contributed by atoms with van der Waals surface area (Å²) in [6, 6.07) is 19.4. The SMILES string of the molecule is C1=CSSC1.c1ccc(N=Nc2ccccc2)cc1. The maximum Gasteiger partial charge on any atom is 0.0857 e. The van der Waals surface area contributed by atoms with E-state index in [1.165, 1.54) is 5.75 Å². The van der Waals surface area contributed by atoms with Gasteiger partial charge in [-0.1, -0.05) is 64.1 Å². The van der Waals surface area contributed by atoms with Gasteiger partial charge in [-0.3, -0.25) is 0 Å². The minimum Gasteiger partial charge on any atom is -0.151 e. The summed E-state index contributed by atoms with van der Waals surface area (Å²) in [7, 11) is 3.69. The second kappa shape index (κ2) is 8.56. The van der Waals surface area contributed by atoms with Gasteiger partial charge < -0.3 is 0 Å². The summed E-state index contributed by atoms with van der Waals surface area (Å²) < 4.78 is 0. The molecule has 0 saturated heterocycles. The van der Waals surface area contributed by atoms with Gasteiger partial charge in [-0.15, -0.1) is 0 Å². The third-order valence-electron chi connectivity index (χ3n) is 2.18. The van der Waals surface area contributed by atoms with Crippen LogP contribution in [-0.4, -0.2) is 5.75 Å². The fourth-order valence-electron chi connectivity index (χ4n) is 1.30. The third kappa shape index (κ3) is 5.77. The summed E-state index contributed by atoms with van der Waals surface area (Å²) in [6.45, 7) is 0. The fourth-order valence-corrected chi connectivity index (χ4v) is 2.87. The van der Waals surface area contributed by atoms with E-state index in [4.69, 9.17) is 0 Å². The summed E-state index contributed by atoms with van der Waals surface area (Å²) in [5.74, 6) is 1.20. The normalized spacial score (nSPS) is 13.3. The fraction of sp³-hybridized carbons (Fsp3) is 0.0667. The number of benzene rings is 2. The predicted molar refractivity (Wildman–Crippen MR) is 86.2 cm³/mol. The first-order chi connectivity index (χ1) is 9.45. The highest BCUT2D eigenvalue weighted by Gasteiger charge is 1.87. The van der Waals surface area contributed by atoms with Crippen LogP contribution in [0.25, 0.3) is 0 Å². The molecule has 1 aliphatic heterocycles. The minimum absolute atomic E-state index is 0.872. The zero-order chi connectivity index (χ0) is 13.2. The molecule has 1 aliphatic rings. The summed E-state index contributed by atoms with van der Waals surface area (Å²) in [5.41, 5.74) is 1.74.